The molecule has 2 amide bonds. The van der Waals surface area contributed by atoms with Gasteiger partial charge in [-0.3, -0.25) is 0 Å². The van der Waals surface area contributed by atoms with Gasteiger partial charge in [0.05, 0.1) is 18.2 Å². The number of carbonyl (C=O) groups is 1. The first kappa shape index (κ1) is 14.9. The zero-order chi connectivity index (χ0) is 14.4. The number of rotatable bonds is 4. The van der Waals surface area contributed by atoms with Gasteiger partial charge in [-0.15, -0.1) is 6.42 Å². The molecule has 3 N–H and O–H groups in total. The average molecular weight is 268 g/mol. The number of urea groups is 1. The van der Waals surface area contributed by atoms with Gasteiger partial charge in [0.25, 0.3) is 0 Å². The third-order valence-electron chi connectivity index (χ3n) is 2.48. The maximum atomic E-state index is 13.4. The van der Waals surface area contributed by atoms with Crippen molar-refractivity contribution in [2.45, 2.75) is 19.1 Å². The van der Waals surface area contributed by atoms with Gasteiger partial charge in [0.1, 0.15) is 17.7 Å². The fraction of sp³-hybridized carbons (Fsp3) is 0.308. The Bertz CT molecular complexity index is 480. The number of terminal acetylenes is 1. The first-order valence-corrected chi connectivity index (χ1v) is 5.57. The Morgan fingerprint density at radius 1 is 1.47 bits per heavy atom. The smallest absolute Gasteiger partial charge is 0.315 e. The third kappa shape index (κ3) is 3.93. The van der Waals surface area contributed by atoms with Crippen LogP contribution in [0.15, 0.2) is 18.2 Å². The molecule has 0 fully saturated rings. The molecule has 0 aliphatic rings. The Balaban J connectivity index is 2.75. The Morgan fingerprint density at radius 3 is 2.58 bits per heavy atom. The monoisotopic (exact) mass is 268 g/mol. The van der Waals surface area contributed by atoms with Crippen LogP contribution in [-0.4, -0.2) is 23.7 Å². The molecule has 4 nitrogen and oxygen atoms in total. The Hall–Kier alpha value is -2.13. The molecule has 0 saturated carbocycles. The highest BCUT2D eigenvalue weighted by Crippen LogP contribution is 2.23. The van der Waals surface area contributed by atoms with Gasteiger partial charge < -0.3 is 15.7 Å². The van der Waals surface area contributed by atoms with Crippen LogP contribution >= 0.6 is 0 Å². The fourth-order valence-electron chi connectivity index (χ4n) is 1.51. The van der Waals surface area contributed by atoms with Crippen molar-refractivity contribution in [2.75, 3.05) is 6.54 Å². The average Bonchev–Trinajstić information content (AvgIpc) is 2.35. The molecule has 102 valence electrons. The molecule has 1 aromatic carbocycles. The molecule has 0 bridgehead atoms. The fourth-order valence-corrected chi connectivity index (χ4v) is 1.51. The van der Waals surface area contributed by atoms with Gasteiger partial charge in [-0.2, -0.15) is 0 Å². The quantitative estimate of drug-likeness (QED) is 0.721. The van der Waals surface area contributed by atoms with E-state index >= 15 is 0 Å². The Labute approximate surface area is 109 Å². The molecule has 19 heavy (non-hydrogen) atoms. The Kier molecular flexibility index (Phi) is 5.27. The lowest BCUT2D eigenvalue weighted by Crippen LogP contribution is -2.43. The summed E-state index contributed by atoms with van der Waals surface area (Å²) in [7, 11) is 0. The molecule has 0 aliphatic heterocycles. The first-order valence-electron chi connectivity index (χ1n) is 5.57. The van der Waals surface area contributed by atoms with E-state index in [9.17, 15) is 18.7 Å². The highest BCUT2D eigenvalue weighted by molar-refractivity contribution is 5.74. The second kappa shape index (κ2) is 6.71. The zero-order valence-electron chi connectivity index (χ0n) is 10.3. The molecular weight excluding hydrogens is 254 g/mol. The normalized spacial score (nSPS) is 13.2. The van der Waals surface area contributed by atoms with Crippen LogP contribution in [0.25, 0.3) is 0 Å². The first-order chi connectivity index (χ1) is 8.97. The molecule has 1 rings (SSSR count). The summed E-state index contributed by atoms with van der Waals surface area (Å²) in [6.07, 6.45) is 3.46. The summed E-state index contributed by atoms with van der Waals surface area (Å²) in [6.45, 7) is 1.44. The molecule has 0 aliphatic carbocycles. The molecule has 0 spiro atoms. The van der Waals surface area contributed by atoms with Crippen LogP contribution in [0, 0.1) is 24.0 Å². The number of nitrogens with one attached hydrogen (secondary N) is 2. The molecule has 0 aromatic heterocycles. The SMILES string of the molecule is C#CCNC(=O)NC(C)C(O)c1c(F)cccc1F. The van der Waals surface area contributed by atoms with Crippen molar-refractivity contribution in [3.63, 3.8) is 0 Å². The molecule has 6 heteroatoms. The van der Waals surface area contributed by atoms with Crippen molar-refractivity contribution >= 4 is 6.03 Å². The standard InChI is InChI=1S/C13H14F2N2O2/c1-3-7-16-13(19)17-8(2)12(18)11-9(14)5-4-6-10(11)15/h1,4-6,8,12,18H,7H2,2H3,(H2,16,17,19). The van der Waals surface area contributed by atoms with Crippen LogP contribution in [0.1, 0.15) is 18.6 Å². The van der Waals surface area contributed by atoms with Gasteiger partial charge in [-0.05, 0) is 19.1 Å². The van der Waals surface area contributed by atoms with Gasteiger partial charge in [0, 0.05) is 0 Å². The number of hydrogen-bond acceptors (Lipinski definition) is 2. The van der Waals surface area contributed by atoms with Crippen molar-refractivity contribution in [3.05, 3.63) is 35.4 Å². The van der Waals surface area contributed by atoms with E-state index in [0.29, 0.717) is 0 Å². The Morgan fingerprint density at radius 2 is 2.05 bits per heavy atom. The van der Waals surface area contributed by atoms with E-state index < -0.39 is 35.4 Å². The van der Waals surface area contributed by atoms with E-state index in [1.165, 1.54) is 13.0 Å². The van der Waals surface area contributed by atoms with Gasteiger partial charge in [-0.25, -0.2) is 13.6 Å². The van der Waals surface area contributed by atoms with E-state index in [2.05, 4.69) is 16.6 Å². The van der Waals surface area contributed by atoms with Crippen LogP contribution in [0.2, 0.25) is 0 Å². The maximum absolute atomic E-state index is 13.4. The number of benzene rings is 1. The minimum absolute atomic E-state index is 0.0166. The number of carbonyl (C=O) groups excluding carboxylic acids is 1. The molecule has 2 unspecified atom stereocenters. The summed E-state index contributed by atoms with van der Waals surface area (Å²) >= 11 is 0. The molecule has 2 atom stereocenters. The van der Waals surface area contributed by atoms with Gasteiger partial charge in [0.2, 0.25) is 0 Å². The third-order valence-corrected chi connectivity index (χ3v) is 2.48. The van der Waals surface area contributed by atoms with Gasteiger partial charge in [0.15, 0.2) is 0 Å². The van der Waals surface area contributed by atoms with Crippen molar-refractivity contribution in [1.82, 2.24) is 10.6 Å². The van der Waals surface area contributed by atoms with Crippen LogP contribution in [0.3, 0.4) is 0 Å². The van der Waals surface area contributed by atoms with Crippen molar-refractivity contribution in [3.8, 4) is 12.3 Å². The predicted molar refractivity (Wildman–Crippen MR) is 66.1 cm³/mol. The minimum atomic E-state index is -1.50. The van der Waals surface area contributed by atoms with E-state index in [-0.39, 0.29) is 6.54 Å². The van der Waals surface area contributed by atoms with E-state index in [0.717, 1.165) is 12.1 Å². The van der Waals surface area contributed by atoms with E-state index in [4.69, 9.17) is 6.42 Å². The molecule has 0 saturated heterocycles. The zero-order valence-corrected chi connectivity index (χ0v) is 10.3. The highest BCUT2D eigenvalue weighted by Gasteiger charge is 2.24. The van der Waals surface area contributed by atoms with E-state index in [1.54, 1.807) is 0 Å². The summed E-state index contributed by atoms with van der Waals surface area (Å²) in [5, 5.41) is 14.5. The van der Waals surface area contributed by atoms with Crippen LogP contribution in [-0.2, 0) is 0 Å². The highest BCUT2D eigenvalue weighted by atomic mass is 19.1. The van der Waals surface area contributed by atoms with Crippen molar-refractivity contribution in [2.24, 2.45) is 0 Å². The molecule has 1 aromatic rings. The minimum Gasteiger partial charge on any atom is -0.386 e. The van der Waals surface area contributed by atoms with E-state index in [1.807, 2.05) is 0 Å². The van der Waals surface area contributed by atoms with Crippen LogP contribution in [0.4, 0.5) is 13.6 Å². The van der Waals surface area contributed by atoms with Crippen molar-refractivity contribution in [1.29, 1.82) is 0 Å². The predicted octanol–water partition coefficient (Wildman–Crippen LogP) is 1.32. The lowest BCUT2D eigenvalue weighted by Gasteiger charge is -2.21. The number of aliphatic hydroxyl groups excluding tert-OH is 1. The second-order valence-electron chi connectivity index (χ2n) is 3.90. The number of aliphatic hydroxyl groups is 1. The van der Waals surface area contributed by atoms with Gasteiger partial charge in [-0.1, -0.05) is 12.0 Å². The topological polar surface area (TPSA) is 61.4 Å². The molecule has 0 radical (unpaired) electrons. The summed E-state index contributed by atoms with van der Waals surface area (Å²) in [6, 6.07) is 1.75. The lowest BCUT2D eigenvalue weighted by molar-refractivity contribution is 0.129. The number of hydrogen-bond donors (Lipinski definition) is 3. The van der Waals surface area contributed by atoms with Gasteiger partial charge >= 0.3 is 6.03 Å². The maximum Gasteiger partial charge on any atom is 0.315 e. The number of amides is 2. The molecular formula is C13H14F2N2O2. The second-order valence-corrected chi connectivity index (χ2v) is 3.90. The lowest BCUT2D eigenvalue weighted by atomic mass is 10.0. The summed E-state index contributed by atoms with van der Waals surface area (Å²) in [5.74, 6) is 0.456. The summed E-state index contributed by atoms with van der Waals surface area (Å²) in [4.78, 5) is 11.3. The summed E-state index contributed by atoms with van der Waals surface area (Å²) < 4.78 is 26.9. The number of halogens is 2. The van der Waals surface area contributed by atoms with Crippen molar-refractivity contribution < 1.29 is 18.7 Å². The van der Waals surface area contributed by atoms with Crippen LogP contribution in [0.5, 0.6) is 0 Å². The molecule has 0 heterocycles. The largest absolute Gasteiger partial charge is 0.386 e. The summed E-state index contributed by atoms with van der Waals surface area (Å²) in [5.41, 5.74) is -0.479. The van der Waals surface area contributed by atoms with Crippen LogP contribution < -0.4 is 10.6 Å².